The highest BCUT2D eigenvalue weighted by molar-refractivity contribution is 5.67. The molecule has 0 saturated carbocycles. The molecule has 0 fully saturated rings. The highest BCUT2D eigenvalue weighted by Crippen LogP contribution is 2.17. The van der Waals surface area contributed by atoms with Crippen LogP contribution >= 0.6 is 0 Å². The number of carboxylic acids is 1. The summed E-state index contributed by atoms with van der Waals surface area (Å²) in [5.41, 5.74) is -0.904. The van der Waals surface area contributed by atoms with Crippen LogP contribution in [0.2, 0.25) is 0 Å². The number of nitrogens with one attached hydrogen (secondary N) is 1. The zero-order valence-corrected chi connectivity index (χ0v) is 13.1. The molecule has 0 spiro atoms. The van der Waals surface area contributed by atoms with Gasteiger partial charge in [-0.1, -0.05) is 0 Å². The van der Waals surface area contributed by atoms with Crippen molar-refractivity contribution in [3.8, 4) is 0 Å². The summed E-state index contributed by atoms with van der Waals surface area (Å²) in [6, 6.07) is 0.118. The minimum Gasteiger partial charge on any atom is -0.481 e. The van der Waals surface area contributed by atoms with Gasteiger partial charge in [0.1, 0.15) is 5.82 Å². The molecule has 0 heterocycles. The quantitative estimate of drug-likeness (QED) is 0.526. The third-order valence-electron chi connectivity index (χ3n) is 2.82. The molecule has 1 aromatic rings. The molecular formula is C15H20F3NO4. The zero-order valence-electron chi connectivity index (χ0n) is 13.1. The number of benzene rings is 1. The molecule has 0 radical (unpaired) electrons. The molecule has 0 saturated heterocycles. The third kappa shape index (κ3) is 6.98. The van der Waals surface area contributed by atoms with Gasteiger partial charge in [-0.2, -0.15) is 0 Å². The Morgan fingerprint density at radius 2 is 1.78 bits per heavy atom. The van der Waals surface area contributed by atoms with Gasteiger partial charge in [-0.25, -0.2) is 13.2 Å². The minimum atomic E-state index is -1.49. The summed E-state index contributed by atoms with van der Waals surface area (Å²) in [6.07, 6.45) is -2.23. The van der Waals surface area contributed by atoms with Crippen molar-refractivity contribution in [1.29, 1.82) is 0 Å². The SMILES string of the molecule is CC(C)(C)OC(O)N[C@@H](CC(=O)O)Cc1cc(F)c(F)cc1F. The molecule has 0 aliphatic heterocycles. The highest BCUT2D eigenvalue weighted by atomic mass is 19.2. The third-order valence-corrected chi connectivity index (χ3v) is 2.82. The van der Waals surface area contributed by atoms with E-state index in [2.05, 4.69) is 5.32 Å². The molecule has 1 aromatic carbocycles. The van der Waals surface area contributed by atoms with E-state index in [0.29, 0.717) is 12.1 Å². The number of hydrogen-bond donors (Lipinski definition) is 3. The average molecular weight is 335 g/mol. The Labute approximate surface area is 132 Å². The van der Waals surface area contributed by atoms with Crippen molar-refractivity contribution in [2.75, 3.05) is 0 Å². The first kappa shape index (κ1) is 19.4. The maximum Gasteiger partial charge on any atom is 0.304 e. The van der Waals surface area contributed by atoms with Crippen LogP contribution in [0.5, 0.6) is 0 Å². The van der Waals surface area contributed by atoms with Gasteiger partial charge < -0.3 is 14.9 Å². The fraction of sp³-hybridized carbons (Fsp3) is 0.533. The topological polar surface area (TPSA) is 78.8 Å². The molecule has 130 valence electrons. The Kier molecular flexibility index (Phi) is 6.55. The number of ether oxygens (including phenoxy) is 1. The lowest BCUT2D eigenvalue weighted by atomic mass is 10.0. The fourth-order valence-corrected chi connectivity index (χ4v) is 1.96. The van der Waals surface area contributed by atoms with Crippen LogP contribution in [0, 0.1) is 17.5 Å². The maximum atomic E-state index is 13.7. The Morgan fingerprint density at radius 1 is 1.22 bits per heavy atom. The summed E-state index contributed by atoms with van der Waals surface area (Å²) in [4.78, 5) is 10.9. The summed E-state index contributed by atoms with van der Waals surface area (Å²) < 4.78 is 45.0. The normalized spacial score (nSPS) is 14.6. The monoisotopic (exact) mass is 335 g/mol. The molecule has 1 rings (SSSR count). The van der Waals surface area contributed by atoms with Crippen LogP contribution in [0.1, 0.15) is 32.8 Å². The van der Waals surface area contributed by atoms with Crippen molar-refractivity contribution in [2.24, 2.45) is 0 Å². The van der Waals surface area contributed by atoms with Crippen molar-refractivity contribution in [3.05, 3.63) is 35.1 Å². The van der Waals surface area contributed by atoms with E-state index in [0.717, 1.165) is 0 Å². The van der Waals surface area contributed by atoms with Crippen LogP contribution in [-0.4, -0.2) is 34.2 Å². The van der Waals surface area contributed by atoms with Gasteiger partial charge in [0.15, 0.2) is 11.6 Å². The van der Waals surface area contributed by atoms with Gasteiger partial charge >= 0.3 is 5.97 Å². The molecule has 8 heteroatoms. The summed E-state index contributed by atoms with van der Waals surface area (Å²) in [5, 5.41) is 21.1. The Bertz CT molecular complexity index is 560. The predicted octanol–water partition coefficient (Wildman–Crippen LogP) is 2.17. The van der Waals surface area contributed by atoms with E-state index >= 15 is 0 Å². The molecule has 2 atom stereocenters. The van der Waals surface area contributed by atoms with Crippen molar-refractivity contribution >= 4 is 5.97 Å². The van der Waals surface area contributed by atoms with Crippen molar-refractivity contribution in [3.63, 3.8) is 0 Å². The number of rotatable bonds is 7. The van der Waals surface area contributed by atoms with E-state index in [9.17, 15) is 23.1 Å². The summed E-state index contributed by atoms with van der Waals surface area (Å²) >= 11 is 0. The largest absolute Gasteiger partial charge is 0.481 e. The van der Waals surface area contributed by atoms with Gasteiger partial charge in [-0.15, -0.1) is 0 Å². The second-order valence-electron chi connectivity index (χ2n) is 6.11. The van der Waals surface area contributed by atoms with E-state index in [1.165, 1.54) is 0 Å². The highest BCUT2D eigenvalue weighted by Gasteiger charge is 2.23. The number of hydrogen-bond acceptors (Lipinski definition) is 4. The van der Waals surface area contributed by atoms with Crippen LogP contribution in [-0.2, 0) is 16.0 Å². The van der Waals surface area contributed by atoms with E-state index in [1.807, 2.05) is 0 Å². The van der Waals surface area contributed by atoms with E-state index in [4.69, 9.17) is 9.84 Å². The molecule has 23 heavy (non-hydrogen) atoms. The maximum absolute atomic E-state index is 13.7. The number of aliphatic hydroxyl groups is 1. The molecule has 0 aromatic heterocycles. The lowest BCUT2D eigenvalue weighted by Gasteiger charge is -2.27. The van der Waals surface area contributed by atoms with Gasteiger partial charge in [0.25, 0.3) is 0 Å². The molecule has 0 aliphatic rings. The number of aliphatic hydroxyl groups excluding tert-OH is 1. The van der Waals surface area contributed by atoms with Crippen molar-refractivity contribution < 1.29 is 32.9 Å². The van der Waals surface area contributed by atoms with Gasteiger partial charge in [0.05, 0.1) is 12.0 Å². The Hall–Kier alpha value is -1.64. The van der Waals surface area contributed by atoms with Gasteiger partial charge in [0, 0.05) is 12.1 Å². The molecule has 3 N–H and O–H groups in total. The summed E-state index contributed by atoms with van der Waals surface area (Å²) in [7, 11) is 0. The van der Waals surface area contributed by atoms with E-state index in [-0.39, 0.29) is 12.0 Å². The zero-order chi connectivity index (χ0) is 17.8. The first-order valence-electron chi connectivity index (χ1n) is 6.95. The van der Waals surface area contributed by atoms with E-state index < -0.39 is 47.9 Å². The predicted molar refractivity (Wildman–Crippen MR) is 76.0 cm³/mol. The fourth-order valence-electron chi connectivity index (χ4n) is 1.96. The van der Waals surface area contributed by atoms with Crippen LogP contribution in [0.3, 0.4) is 0 Å². The molecule has 0 aliphatic carbocycles. The van der Waals surface area contributed by atoms with Crippen molar-refractivity contribution in [1.82, 2.24) is 5.32 Å². The second kappa shape index (κ2) is 7.76. The standard InChI is InChI=1S/C15H20F3NO4/c1-15(2,3)23-14(22)19-9(6-13(20)21)4-8-5-11(17)12(18)7-10(8)16/h5,7,9,14,19,22H,4,6H2,1-3H3,(H,20,21)/t9-,14?/m1/s1. The Balaban J connectivity index is 2.86. The van der Waals surface area contributed by atoms with Crippen LogP contribution < -0.4 is 5.32 Å². The average Bonchev–Trinajstić information content (AvgIpc) is 2.32. The number of carboxylic acid groups (broad SMARTS) is 1. The number of carbonyl (C=O) groups is 1. The van der Waals surface area contributed by atoms with E-state index in [1.54, 1.807) is 20.8 Å². The van der Waals surface area contributed by atoms with Crippen LogP contribution in [0.15, 0.2) is 12.1 Å². The molecular weight excluding hydrogens is 315 g/mol. The summed E-state index contributed by atoms with van der Waals surface area (Å²) in [6.45, 7) is 5.04. The number of aliphatic carboxylic acids is 1. The number of halogens is 3. The molecule has 1 unspecified atom stereocenters. The lowest BCUT2D eigenvalue weighted by molar-refractivity contribution is -0.186. The minimum absolute atomic E-state index is 0.203. The first-order chi connectivity index (χ1) is 10.5. The van der Waals surface area contributed by atoms with Crippen molar-refractivity contribution in [2.45, 2.75) is 51.7 Å². The molecule has 0 amide bonds. The second-order valence-corrected chi connectivity index (χ2v) is 6.11. The van der Waals surface area contributed by atoms with Crippen LogP contribution in [0.25, 0.3) is 0 Å². The lowest BCUT2D eigenvalue weighted by Crippen LogP contribution is -2.45. The Morgan fingerprint density at radius 3 is 2.30 bits per heavy atom. The van der Waals surface area contributed by atoms with Crippen LogP contribution in [0.4, 0.5) is 13.2 Å². The molecule has 5 nitrogen and oxygen atoms in total. The van der Waals surface area contributed by atoms with Gasteiger partial charge in [-0.3, -0.25) is 10.1 Å². The van der Waals surface area contributed by atoms with Gasteiger partial charge in [-0.05, 0) is 38.8 Å². The first-order valence-corrected chi connectivity index (χ1v) is 6.95. The van der Waals surface area contributed by atoms with Gasteiger partial charge in [0.2, 0.25) is 6.41 Å². The summed E-state index contributed by atoms with van der Waals surface area (Å²) in [5.74, 6) is -4.76. The smallest absolute Gasteiger partial charge is 0.304 e. The molecule has 0 bridgehead atoms.